The average molecular weight is 364 g/mol. The van der Waals surface area contributed by atoms with Crippen molar-refractivity contribution >= 4 is 35.2 Å². The summed E-state index contributed by atoms with van der Waals surface area (Å²) >= 11 is 1.45. The van der Waals surface area contributed by atoms with Gasteiger partial charge in [-0.05, 0) is 31.5 Å². The van der Waals surface area contributed by atoms with Crippen molar-refractivity contribution in [2.45, 2.75) is 42.1 Å². The molecule has 3 rings (SSSR count). The van der Waals surface area contributed by atoms with E-state index in [1.165, 1.54) is 11.8 Å². The van der Waals surface area contributed by atoms with Crippen LogP contribution in [0.5, 0.6) is 0 Å². The van der Waals surface area contributed by atoms with Gasteiger partial charge < -0.3 is 20.1 Å². The molecule has 1 fully saturated rings. The number of thioether (sulfide) groups is 1. The van der Waals surface area contributed by atoms with Crippen LogP contribution in [0, 0.1) is 0 Å². The van der Waals surface area contributed by atoms with Crippen molar-refractivity contribution in [1.82, 2.24) is 4.90 Å². The van der Waals surface area contributed by atoms with Crippen molar-refractivity contribution in [2.24, 2.45) is 0 Å². The van der Waals surface area contributed by atoms with Crippen molar-refractivity contribution in [3.8, 4) is 0 Å². The third kappa shape index (κ3) is 3.64. The molecule has 1 saturated heterocycles. The van der Waals surface area contributed by atoms with Crippen LogP contribution >= 0.6 is 11.8 Å². The molecular formula is C17H20N2O5S. The lowest BCUT2D eigenvalue weighted by molar-refractivity contribution is -0.138. The zero-order valence-electron chi connectivity index (χ0n) is 14.0. The summed E-state index contributed by atoms with van der Waals surface area (Å²) in [7, 11) is 1.56. The summed E-state index contributed by atoms with van der Waals surface area (Å²) in [6.07, 6.45) is 0.228. The van der Waals surface area contributed by atoms with E-state index in [2.05, 4.69) is 5.32 Å². The third-order valence-corrected chi connectivity index (χ3v) is 5.72. The van der Waals surface area contributed by atoms with Gasteiger partial charge in [-0.25, -0.2) is 0 Å². The van der Waals surface area contributed by atoms with Crippen molar-refractivity contribution < 1.29 is 24.2 Å². The van der Waals surface area contributed by atoms with Gasteiger partial charge in [-0.3, -0.25) is 14.4 Å². The second-order valence-electron chi connectivity index (χ2n) is 6.26. The summed E-state index contributed by atoms with van der Waals surface area (Å²) in [4.78, 5) is 38.3. The molecule has 8 heteroatoms. The molecule has 1 aromatic carbocycles. The van der Waals surface area contributed by atoms with Crippen LogP contribution in [0.25, 0.3) is 0 Å². The Labute approximate surface area is 149 Å². The SMILES string of the molecule is COC1CC(CC(=O)O)N(C(=O)c2ccc3c(c2)NC(=O)C(C)S3)C1. The minimum atomic E-state index is -0.942. The maximum absolute atomic E-state index is 12.9. The van der Waals surface area contributed by atoms with E-state index in [1.54, 1.807) is 24.1 Å². The van der Waals surface area contributed by atoms with Gasteiger partial charge in [0.2, 0.25) is 5.91 Å². The summed E-state index contributed by atoms with van der Waals surface area (Å²) in [6.45, 7) is 2.19. The van der Waals surface area contributed by atoms with Gasteiger partial charge in [-0.15, -0.1) is 11.8 Å². The fraction of sp³-hybridized carbons (Fsp3) is 0.471. The number of anilines is 1. The van der Waals surface area contributed by atoms with Gasteiger partial charge in [0.05, 0.1) is 23.5 Å². The number of aliphatic carboxylic acids is 1. The predicted octanol–water partition coefficient (Wildman–Crippen LogP) is 1.82. The number of hydrogen-bond acceptors (Lipinski definition) is 5. The maximum Gasteiger partial charge on any atom is 0.305 e. The Kier molecular flexibility index (Phi) is 5.01. The number of carboxylic acid groups (broad SMARTS) is 1. The molecule has 0 aromatic heterocycles. The first-order valence-corrected chi connectivity index (χ1v) is 8.94. The summed E-state index contributed by atoms with van der Waals surface area (Å²) in [6, 6.07) is 4.80. The van der Waals surface area contributed by atoms with E-state index in [-0.39, 0.29) is 29.6 Å². The summed E-state index contributed by atoms with van der Waals surface area (Å²) < 4.78 is 5.31. The van der Waals surface area contributed by atoms with Crippen LogP contribution in [0.15, 0.2) is 23.1 Å². The number of ether oxygens (including phenoxy) is 1. The number of carbonyl (C=O) groups is 3. The Morgan fingerprint density at radius 3 is 2.88 bits per heavy atom. The first-order chi connectivity index (χ1) is 11.9. The highest BCUT2D eigenvalue weighted by atomic mass is 32.2. The standard InChI is InChI=1S/C17H20N2O5S/c1-9-16(22)18-13-5-10(3-4-14(13)25-9)17(23)19-8-12(24-2)6-11(19)7-15(20)21/h3-5,9,11-12H,6-8H2,1-2H3,(H,18,22)(H,20,21). The number of methoxy groups -OCH3 is 1. The molecule has 134 valence electrons. The van der Waals surface area contributed by atoms with Crippen LogP contribution in [0.1, 0.15) is 30.1 Å². The van der Waals surface area contributed by atoms with Gasteiger partial charge in [-0.1, -0.05) is 0 Å². The molecule has 0 radical (unpaired) electrons. The van der Waals surface area contributed by atoms with Crippen LogP contribution in [0.2, 0.25) is 0 Å². The normalized spacial score (nSPS) is 25.4. The Bertz CT molecular complexity index is 723. The molecule has 0 spiro atoms. The first kappa shape index (κ1) is 17.8. The number of nitrogens with zero attached hydrogens (tertiary/aromatic N) is 1. The number of nitrogens with one attached hydrogen (secondary N) is 1. The number of benzene rings is 1. The van der Waals surface area contributed by atoms with Crippen LogP contribution in [-0.2, 0) is 14.3 Å². The number of likely N-dealkylation sites (tertiary alicyclic amines) is 1. The molecule has 7 nitrogen and oxygen atoms in total. The highest BCUT2D eigenvalue weighted by molar-refractivity contribution is 8.00. The van der Waals surface area contributed by atoms with E-state index in [9.17, 15) is 14.4 Å². The molecule has 2 heterocycles. The predicted molar refractivity (Wildman–Crippen MR) is 92.9 cm³/mol. The molecule has 1 aromatic rings. The molecule has 3 atom stereocenters. The summed E-state index contributed by atoms with van der Waals surface area (Å²) in [5.74, 6) is -1.28. The van der Waals surface area contributed by atoms with Gasteiger partial charge in [0, 0.05) is 30.2 Å². The number of rotatable bonds is 4. The molecule has 2 amide bonds. The quantitative estimate of drug-likeness (QED) is 0.846. The van der Waals surface area contributed by atoms with E-state index in [1.807, 2.05) is 13.0 Å². The summed E-state index contributed by atoms with van der Waals surface area (Å²) in [5, 5.41) is 11.7. The molecule has 0 saturated carbocycles. The Hall–Kier alpha value is -2.06. The minimum absolute atomic E-state index is 0.0912. The Balaban J connectivity index is 1.83. The number of hydrogen-bond donors (Lipinski definition) is 2. The van der Waals surface area contributed by atoms with Gasteiger partial charge in [0.1, 0.15) is 0 Å². The molecule has 25 heavy (non-hydrogen) atoms. The lowest BCUT2D eigenvalue weighted by Gasteiger charge is -2.25. The van der Waals surface area contributed by atoms with Crippen molar-refractivity contribution in [3.05, 3.63) is 23.8 Å². The number of fused-ring (bicyclic) bond motifs is 1. The zero-order chi connectivity index (χ0) is 18.1. The second-order valence-corrected chi connectivity index (χ2v) is 7.65. The lowest BCUT2D eigenvalue weighted by atomic mass is 10.1. The minimum Gasteiger partial charge on any atom is -0.481 e. The Morgan fingerprint density at radius 2 is 2.20 bits per heavy atom. The topological polar surface area (TPSA) is 95.9 Å². The number of carbonyl (C=O) groups excluding carboxylic acids is 2. The van der Waals surface area contributed by atoms with E-state index in [0.29, 0.717) is 24.2 Å². The molecule has 2 N–H and O–H groups in total. The van der Waals surface area contributed by atoms with Crippen LogP contribution in [0.4, 0.5) is 5.69 Å². The number of amides is 2. The fourth-order valence-electron chi connectivity index (χ4n) is 3.20. The van der Waals surface area contributed by atoms with Crippen LogP contribution in [-0.4, -0.2) is 58.8 Å². The lowest BCUT2D eigenvalue weighted by Crippen LogP contribution is -2.37. The van der Waals surface area contributed by atoms with Gasteiger partial charge in [-0.2, -0.15) is 0 Å². The van der Waals surface area contributed by atoms with Gasteiger partial charge in [0.15, 0.2) is 0 Å². The van der Waals surface area contributed by atoms with E-state index in [0.717, 1.165) is 4.90 Å². The number of carboxylic acids is 1. The molecule has 0 aliphatic carbocycles. The molecule has 3 unspecified atom stereocenters. The second kappa shape index (κ2) is 7.05. The first-order valence-electron chi connectivity index (χ1n) is 8.06. The van der Waals surface area contributed by atoms with Gasteiger partial charge >= 0.3 is 5.97 Å². The smallest absolute Gasteiger partial charge is 0.305 e. The van der Waals surface area contributed by atoms with Gasteiger partial charge in [0.25, 0.3) is 5.91 Å². The monoisotopic (exact) mass is 364 g/mol. The molecular weight excluding hydrogens is 344 g/mol. The van der Waals surface area contributed by atoms with Crippen LogP contribution < -0.4 is 5.32 Å². The van der Waals surface area contributed by atoms with E-state index in [4.69, 9.17) is 9.84 Å². The van der Waals surface area contributed by atoms with E-state index < -0.39 is 12.0 Å². The van der Waals surface area contributed by atoms with Crippen molar-refractivity contribution in [1.29, 1.82) is 0 Å². The van der Waals surface area contributed by atoms with Crippen molar-refractivity contribution in [2.75, 3.05) is 19.0 Å². The fourth-order valence-corrected chi connectivity index (χ4v) is 4.13. The molecule has 0 bridgehead atoms. The third-order valence-electron chi connectivity index (χ3n) is 4.54. The maximum atomic E-state index is 12.9. The highest BCUT2D eigenvalue weighted by Crippen LogP contribution is 2.36. The molecule has 2 aliphatic rings. The highest BCUT2D eigenvalue weighted by Gasteiger charge is 2.37. The average Bonchev–Trinajstić information content (AvgIpc) is 2.97. The molecule has 2 aliphatic heterocycles. The van der Waals surface area contributed by atoms with Crippen LogP contribution in [0.3, 0.4) is 0 Å². The zero-order valence-corrected chi connectivity index (χ0v) is 14.8. The van der Waals surface area contributed by atoms with Crippen molar-refractivity contribution in [3.63, 3.8) is 0 Å². The largest absolute Gasteiger partial charge is 0.481 e. The summed E-state index contributed by atoms with van der Waals surface area (Å²) in [5.41, 5.74) is 1.05. The van der Waals surface area contributed by atoms with E-state index >= 15 is 0 Å². The Morgan fingerprint density at radius 1 is 1.44 bits per heavy atom.